The van der Waals surface area contributed by atoms with Crippen LogP contribution in [0.5, 0.6) is 0 Å². The van der Waals surface area contributed by atoms with Crippen molar-refractivity contribution in [3.63, 3.8) is 0 Å². The Kier molecular flexibility index (Phi) is 6.38. The lowest BCUT2D eigenvalue weighted by Gasteiger charge is -2.10. The normalized spacial score (nSPS) is 10.6. The molecule has 112 valence electrons. The van der Waals surface area contributed by atoms with Gasteiger partial charge in [-0.15, -0.1) is 0 Å². The first-order valence-corrected chi connectivity index (χ1v) is 6.92. The summed E-state index contributed by atoms with van der Waals surface area (Å²) in [5, 5.41) is 15.5. The number of nitrogens with zero attached hydrogens (tertiary/aromatic N) is 2. The minimum absolute atomic E-state index is 0.176. The minimum Gasteiger partial charge on any atom is -0.396 e. The molecule has 0 fully saturated rings. The maximum absolute atomic E-state index is 12.1. The quantitative estimate of drug-likeness (QED) is 0.720. The molecule has 1 aromatic heterocycles. The molecule has 0 atom stereocenters. The van der Waals surface area contributed by atoms with E-state index in [9.17, 15) is 9.59 Å². The Morgan fingerprint density at radius 2 is 1.90 bits per heavy atom. The van der Waals surface area contributed by atoms with E-state index >= 15 is 0 Å². The molecule has 1 rings (SSSR count). The molecule has 0 saturated carbocycles. The molecule has 0 bridgehead atoms. The predicted octanol–water partition coefficient (Wildman–Crippen LogP) is 0.680. The third-order valence-electron chi connectivity index (χ3n) is 3.32. The summed E-state index contributed by atoms with van der Waals surface area (Å²) in [5.74, 6) is -0.337. The van der Waals surface area contributed by atoms with E-state index < -0.39 is 0 Å². The van der Waals surface area contributed by atoms with E-state index in [0.29, 0.717) is 17.8 Å². The molecule has 1 heterocycles. The highest BCUT2D eigenvalue weighted by Gasteiger charge is 2.17. The molecule has 0 radical (unpaired) electrons. The zero-order chi connectivity index (χ0) is 15.1. The molecule has 6 nitrogen and oxygen atoms in total. The monoisotopic (exact) mass is 281 g/mol. The van der Waals surface area contributed by atoms with Crippen molar-refractivity contribution in [1.29, 1.82) is 0 Å². The number of aromatic nitrogens is 2. The molecule has 0 spiro atoms. The number of amides is 1. The standard InChI is InChI=1S/C14H23N3O3/c1-10-11(2)16-17(3)14(20)12(10)13(19)15-8-6-4-5-7-9-18/h18H,4-9H2,1-3H3,(H,15,19). The highest BCUT2D eigenvalue weighted by Crippen LogP contribution is 2.06. The van der Waals surface area contributed by atoms with Gasteiger partial charge >= 0.3 is 0 Å². The second-order valence-corrected chi connectivity index (χ2v) is 4.91. The number of carbonyl (C=O) groups is 1. The van der Waals surface area contributed by atoms with E-state index in [4.69, 9.17) is 5.11 Å². The van der Waals surface area contributed by atoms with Gasteiger partial charge in [-0.25, -0.2) is 4.68 Å². The van der Waals surface area contributed by atoms with Crippen LogP contribution in [0, 0.1) is 13.8 Å². The number of aryl methyl sites for hydroxylation is 2. The fourth-order valence-corrected chi connectivity index (χ4v) is 2.00. The Balaban J connectivity index is 2.63. The van der Waals surface area contributed by atoms with Crippen LogP contribution in [0.2, 0.25) is 0 Å². The third kappa shape index (κ3) is 4.16. The van der Waals surface area contributed by atoms with Crippen molar-refractivity contribution in [3.05, 3.63) is 27.2 Å². The molecule has 0 aliphatic heterocycles. The van der Waals surface area contributed by atoms with Crippen molar-refractivity contribution in [2.45, 2.75) is 39.5 Å². The summed E-state index contributed by atoms with van der Waals surface area (Å²) in [6.07, 6.45) is 3.53. The van der Waals surface area contributed by atoms with Crippen molar-refractivity contribution in [2.24, 2.45) is 7.05 Å². The second kappa shape index (κ2) is 7.79. The van der Waals surface area contributed by atoms with Crippen molar-refractivity contribution >= 4 is 5.91 Å². The summed E-state index contributed by atoms with van der Waals surface area (Å²) in [7, 11) is 1.54. The van der Waals surface area contributed by atoms with Crippen LogP contribution in [0.25, 0.3) is 0 Å². The van der Waals surface area contributed by atoms with Gasteiger partial charge in [-0.05, 0) is 32.3 Å². The predicted molar refractivity (Wildman–Crippen MR) is 76.8 cm³/mol. The molecular formula is C14H23N3O3. The zero-order valence-electron chi connectivity index (χ0n) is 12.4. The number of hydrogen-bond donors (Lipinski definition) is 2. The zero-order valence-corrected chi connectivity index (χ0v) is 12.4. The van der Waals surface area contributed by atoms with Gasteiger partial charge in [0.05, 0.1) is 5.69 Å². The first kappa shape index (κ1) is 16.4. The average Bonchev–Trinajstić information content (AvgIpc) is 2.41. The Labute approximate surface area is 118 Å². The van der Waals surface area contributed by atoms with E-state index in [0.717, 1.165) is 25.7 Å². The molecule has 1 amide bonds. The fraction of sp³-hybridized carbons (Fsp3) is 0.643. The topological polar surface area (TPSA) is 84.2 Å². The maximum atomic E-state index is 12.1. The molecule has 0 aliphatic rings. The van der Waals surface area contributed by atoms with Crippen LogP contribution in [-0.4, -0.2) is 33.9 Å². The first-order chi connectivity index (χ1) is 9.49. The number of aliphatic hydroxyl groups excluding tert-OH is 1. The number of hydrogen-bond acceptors (Lipinski definition) is 4. The lowest BCUT2D eigenvalue weighted by atomic mass is 10.1. The van der Waals surface area contributed by atoms with Crippen LogP contribution in [0.3, 0.4) is 0 Å². The summed E-state index contributed by atoms with van der Waals surface area (Å²) < 4.78 is 1.19. The smallest absolute Gasteiger partial charge is 0.279 e. The van der Waals surface area contributed by atoms with Gasteiger partial charge in [0.15, 0.2) is 0 Å². The molecule has 0 unspecified atom stereocenters. The summed E-state index contributed by atoms with van der Waals surface area (Å²) in [6.45, 7) is 4.26. The van der Waals surface area contributed by atoms with Gasteiger partial charge < -0.3 is 10.4 Å². The van der Waals surface area contributed by atoms with Gasteiger partial charge in [-0.1, -0.05) is 12.8 Å². The van der Waals surface area contributed by atoms with Crippen molar-refractivity contribution in [1.82, 2.24) is 15.1 Å². The van der Waals surface area contributed by atoms with Crippen LogP contribution in [-0.2, 0) is 7.05 Å². The lowest BCUT2D eigenvalue weighted by Crippen LogP contribution is -2.35. The van der Waals surface area contributed by atoms with Crippen molar-refractivity contribution < 1.29 is 9.90 Å². The Morgan fingerprint density at radius 3 is 2.55 bits per heavy atom. The molecule has 0 aromatic carbocycles. The van der Waals surface area contributed by atoms with E-state index in [2.05, 4.69) is 10.4 Å². The van der Waals surface area contributed by atoms with Gasteiger partial charge in [-0.3, -0.25) is 9.59 Å². The number of rotatable bonds is 7. The summed E-state index contributed by atoms with van der Waals surface area (Å²) in [5.41, 5.74) is 1.12. The fourth-order valence-electron chi connectivity index (χ4n) is 2.00. The minimum atomic E-state index is -0.370. The number of aliphatic hydroxyl groups is 1. The average molecular weight is 281 g/mol. The van der Waals surface area contributed by atoms with Crippen LogP contribution < -0.4 is 10.9 Å². The maximum Gasteiger partial charge on any atom is 0.279 e. The molecule has 6 heteroatoms. The second-order valence-electron chi connectivity index (χ2n) is 4.91. The van der Waals surface area contributed by atoms with E-state index in [-0.39, 0.29) is 23.6 Å². The summed E-state index contributed by atoms with van der Waals surface area (Å²) >= 11 is 0. The van der Waals surface area contributed by atoms with Gasteiger partial charge in [0, 0.05) is 20.2 Å². The highest BCUT2D eigenvalue weighted by atomic mass is 16.3. The van der Waals surface area contributed by atoms with Gasteiger partial charge in [-0.2, -0.15) is 5.10 Å². The largest absolute Gasteiger partial charge is 0.396 e. The highest BCUT2D eigenvalue weighted by molar-refractivity contribution is 5.95. The van der Waals surface area contributed by atoms with Gasteiger partial charge in [0.2, 0.25) is 0 Å². The molecular weight excluding hydrogens is 258 g/mol. The third-order valence-corrected chi connectivity index (χ3v) is 3.32. The van der Waals surface area contributed by atoms with Crippen LogP contribution in [0.1, 0.15) is 47.3 Å². The van der Waals surface area contributed by atoms with E-state index in [1.165, 1.54) is 4.68 Å². The summed E-state index contributed by atoms with van der Waals surface area (Å²) in [4.78, 5) is 24.1. The van der Waals surface area contributed by atoms with E-state index in [1.807, 2.05) is 0 Å². The van der Waals surface area contributed by atoms with Gasteiger partial charge in [0.1, 0.15) is 5.56 Å². The van der Waals surface area contributed by atoms with Crippen LogP contribution in [0.15, 0.2) is 4.79 Å². The molecule has 20 heavy (non-hydrogen) atoms. The van der Waals surface area contributed by atoms with Crippen LogP contribution >= 0.6 is 0 Å². The molecule has 0 aliphatic carbocycles. The Morgan fingerprint density at radius 1 is 1.25 bits per heavy atom. The number of nitrogens with one attached hydrogen (secondary N) is 1. The molecule has 0 saturated heterocycles. The Bertz CT molecular complexity index is 523. The van der Waals surface area contributed by atoms with Crippen LogP contribution in [0.4, 0.5) is 0 Å². The molecule has 2 N–H and O–H groups in total. The van der Waals surface area contributed by atoms with Crippen molar-refractivity contribution in [2.75, 3.05) is 13.2 Å². The van der Waals surface area contributed by atoms with Crippen molar-refractivity contribution in [3.8, 4) is 0 Å². The summed E-state index contributed by atoms with van der Waals surface area (Å²) in [6, 6.07) is 0. The number of unbranched alkanes of at least 4 members (excludes halogenated alkanes) is 3. The van der Waals surface area contributed by atoms with E-state index in [1.54, 1.807) is 20.9 Å². The van der Waals surface area contributed by atoms with Gasteiger partial charge in [0.25, 0.3) is 11.5 Å². The Hall–Kier alpha value is -1.69. The number of carbonyl (C=O) groups excluding carboxylic acids is 1. The lowest BCUT2D eigenvalue weighted by molar-refractivity contribution is 0.0949. The molecule has 1 aromatic rings. The SMILES string of the molecule is Cc1nn(C)c(=O)c(C(=O)NCCCCCCO)c1C. The first-order valence-electron chi connectivity index (χ1n) is 6.92.